The Balaban J connectivity index is 1.15. The van der Waals surface area contributed by atoms with E-state index in [0.717, 1.165) is 25.7 Å². The highest BCUT2D eigenvalue weighted by Gasteiger charge is 2.39. The third kappa shape index (κ3) is 22.9. The number of allylic oxidation sites excluding steroid dienone is 2. The lowest BCUT2D eigenvalue weighted by Gasteiger charge is -2.29. The molecule has 0 radical (unpaired) electrons. The van der Waals surface area contributed by atoms with Gasteiger partial charge in [-0.05, 0) is 94.7 Å². The molecule has 5 amide bonds. The van der Waals surface area contributed by atoms with Crippen LogP contribution in [0.15, 0.2) is 75.8 Å². The summed E-state index contributed by atoms with van der Waals surface area (Å²) in [5.74, 6) is 4.77. The molecule has 74 heavy (non-hydrogen) atoms. The van der Waals surface area contributed by atoms with Crippen LogP contribution in [0.5, 0.6) is 5.75 Å². The van der Waals surface area contributed by atoms with Crippen LogP contribution in [0.4, 0.5) is 0 Å². The van der Waals surface area contributed by atoms with E-state index in [2.05, 4.69) is 82.2 Å². The first-order chi connectivity index (χ1) is 35.9. The minimum Gasteiger partial charge on any atom is -0.491 e. The van der Waals surface area contributed by atoms with Crippen molar-refractivity contribution < 1.29 is 52.2 Å². The Bertz CT molecular complexity index is 2340. The van der Waals surface area contributed by atoms with Crippen molar-refractivity contribution in [1.82, 2.24) is 31.5 Å². The standard InChI is InChI=1S/C46H65N14O11P3/c1-31-55-43(47)35(26-60(31)42-25-38(70-30-54-58-48)39(71-42)29-72-74-73-66)15-11-19-51-40(62)27-67-22-23-68-41(57-59-49)28-69-36-16-10-14-34(24-36)44(63)52-20-21-53-46(65)37(17-8-9-18-50-32(2)61)56-45(64)33-12-6-4-3-5-7-13-33/h3-4,10,14,16,24,26,33,37-39,41-42,72,74H,1,5-9,12-13,17-23,25,27-30H2,2H3,(H2,47,55)(H,50,61)(H,51,62)(H,52,63)(H,53,65)(H,56,64)/b4-3+/t33?,37?,38-,39-,41?,42-/m1/s1. The number of nitrogens with two attached hydrogens (primary N) is 1. The molecular weight excluding hydrogens is 1020 g/mol. The van der Waals surface area contributed by atoms with E-state index in [1.807, 2.05) is 0 Å². The quantitative estimate of drug-likeness (QED) is 0.0110. The van der Waals surface area contributed by atoms with E-state index in [0.29, 0.717) is 70.2 Å². The molecule has 28 heteroatoms. The number of aliphatic imine (C=N–C) groups is 1. The molecule has 2 heterocycles. The summed E-state index contributed by atoms with van der Waals surface area (Å²) in [5.41, 5.74) is 24.5. The average Bonchev–Trinajstić information content (AvgIpc) is 3.77. The van der Waals surface area contributed by atoms with Crippen LogP contribution in [-0.2, 0) is 42.7 Å². The number of amides is 5. The Morgan fingerprint density at radius 1 is 1.07 bits per heavy atom. The molecule has 2 aliphatic heterocycles. The van der Waals surface area contributed by atoms with Crippen LogP contribution < -0.4 is 37.1 Å². The fourth-order valence-electron chi connectivity index (χ4n) is 7.56. The summed E-state index contributed by atoms with van der Waals surface area (Å²) in [4.78, 5) is 74.7. The first-order valence-electron chi connectivity index (χ1n) is 24.0. The van der Waals surface area contributed by atoms with Crippen molar-refractivity contribution >= 4 is 59.7 Å². The molecule has 0 aromatic heterocycles. The second kappa shape index (κ2) is 35.1. The molecule has 5 unspecified atom stereocenters. The van der Waals surface area contributed by atoms with Gasteiger partial charge in [0.1, 0.15) is 49.6 Å². The minimum absolute atomic E-state index is 0.0272. The van der Waals surface area contributed by atoms with Crippen LogP contribution in [0.3, 0.4) is 0 Å². The first kappa shape index (κ1) is 60.4. The second-order valence-electron chi connectivity index (χ2n) is 16.6. The number of rotatable bonds is 31. The number of benzene rings is 1. The van der Waals surface area contributed by atoms with Gasteiger partial charge >= 0.3 is 0 Å². The van der Waals surface area contributed by atoms with Gasteiger partial charge in [0.2, 0.25) is 23.6 Å². The average molecular weight is 1080 g/mol. The number of carbonyl (C=O) groups is 5. The van der Waals surface area contributed by atoms with Crippen molar-refractivity contribution in [3.63, 3.8) is 0 Å². The normalized spacial score (nSPS) is 19.8. The van der Waals surface area contributed by atoms with Crippen LogP contribution in [0.1, 0.15) is 75.1 Å². The molecule has 0 spiro atoms. The number of ether oxygens (including phenoxy) is 5. The number of unbranched alkanes of at least 4 members (excludes halogenated alkanes) is 1. The van der Waals surface area contributed by atoms with Gasteiger partial charge in [0, 0.05) is 60.5 Å². The molecule has 1 aliphatic carbocycles. The maximum Gasteiger partial charge on any atom is 0.251 e. The lowest BCUT2D eigenvalue weighted by Crippen LogP contribution is -2.49. The van der Waals surface area contributed by atoms with Gasteiger partial charge in [0.05, 0.1) is 37.5 Å². The number of azide groups is 2. The highest BCUT2D eigenvalue weighted by Crippen LogP contribution is 2.48. The molecule has 1 fully saturated rings. The summed E-state index contributed by atoms with van der Waals surface area (Å²) >= 11 is 0. The van der Waals surface area contributed by atoms with Gasteiger partial charge in [0.15, 0.2) is 14.4 Å². The molecular formula is C46H65N14O11P3. The van der Waals surface area contributed by atoms with Crippen molar-refractivity contribution in [2.24, 2.45) is 26.9 Å². The maximum atomic E-state index is 13.3. The monoisotopic (exact) mass is 1080 g/mol. The number of hydrogen-bond acceptors (Lipinski definition) is 16. The van der Waals surface area contributed by atoms with Crippen LogP contribution in [0.25, 0.3) is 20.9 Å². The summed E-state index contributed by atoms with van der Waals surface area (Å²) in [7, 11) is 0.722. The van der Waals surface area contributed by atoms with Gasteiger partial charge in [-0.2, -0.15) is 0 Å². The largest absolute Gasteiger partial charge is 0.491 e. The van der Waals surface area contributed by atoms with E-state index in [-0.39, 0.29) is 116 Å². The van der Waals surface area contributed by atoms with Crippen molar-refractivity contribution in [2.75, 3.05) is 65.5 Å². The molecule has 4 rings (SSSR count). The second-order valence-corrected chi connectivity index (χ2v) is 22.1. The summed E-state index contributed by atoms with van der Waals surface area (Å²) in [6.07, 6.45) is 10.3. The van der Waals surface area contributed by atoms with Crippen LogP contribution >= 0.6 is 24.4 Å². The Morgan fingerprint density at radius 2 is 1.89 bits per heavy atom. The van der Waals surface area contributed by atoms with E-state index in [1.165, 1.54) is 13.0 Å². The van der Waals surface area contributed by atoms with Gasteiger partial charge in [-0.25, -0.2) is 4.99 Å². The number of nitrogens with one attached hydrogen (secondary N) is 5. The summed E-state index contributed by atoms with van der Waals surface area (Å²) in [6.45, 7) is 5.30. The van der Waals surface area contributed by atoms with E-state index in [9.17, 15) is 28.5 Å². The zero-order valence-corrected chi connectivity index (χ0v) is 44.1. The van der Waals surface area contributed by atoms with Crippen molar-refractivity contribution in [3.8, 4) is 17.6 Å². The predicted octanol–water partition coefficient (Wildman–Crippen LogP) is 4.90. The predicted molar refractivity (Wildman–Crippen MR) is 280 cm³/mol. The van der Waals surface area contributed by atoms with Crippen molar-refractivity contribution in [1.29, 1.82) is 0 Å². The van der Waals surface area contributed by atoms with E-state index >= 15 is 0 Å². The lowest BCUT2D eigenvalue weighted by atomic mass is 9.93. The zero-order valence-electron chi connectivity index (χ0n) is 41.2. The van der Waals surface area contributed by atoms with Gasteiger partial charge in [-0.3, -0.25) is 28.5 Å². The molecule has 7 N–H and O–H groups in total. The third-order valence-electron chi connectivity index (χ3n) is 11.2. The molecule has 0 saturated carbocycles. The number of amidine groups is 1. The highest BCUT2D eigenvalue weighted by atomic mass is 32.4. The van der Waals surface area contributed by atoms with Gasteiger partial charge < -0.3 is 60.9 Å². The zero-order chi connectivity index (χ0) is 53.3. The molecule has 400 valence electrons. The van der Waals surface area contributed by atoms with E-state index < -0.39 is 30.3 Å². The number of carbonyl (C=O) groups excluding carboxylic acids is 5. The summed E-state index contributed by atoms with van der Waals surface area (Å²) < 4.78 is 39.7. The van der Waals surface area contributed by atoms with Crippen molar-refractivity contribution in [3.05, 3.63) is 87.0 Å². The molecule has 25 nitrogen and oxygen atoms in total. The maximum absolute atomic E-state index is 13.3. The Kier molecular flexibility index (Phi) is 28.7. The number of nitrogens with zero attached hydrogens (tertiary/aromatic N) is 8. The molecule has 3 aliphatic rings. The molecule has 8 atom stereocenters. The van der Waals surface area contributed by atoms with Crippen LogP contribution in [0.2, 0.25) is 0 Å². The topological polar surface area (TPSA) is 348 Å². The van der Waals surface area contributed by atoms with E-state index in [1.54, 1.807) is 29.3 Å². The summed E-state index contributed by atoms with van der Waals surface area (Å²) in [5, 5.41) is 21.0. The van der Waals surface area contributed by atoms with Gasteiger partial charge in [-0.1, -0.05) is 55.1 Å². The first-order valence-corrected chi connectivity index (χ1v) is 28.9. The van der Waals surface area contributed by atoms with Crippen LogP contribution in [-0.4, -0.2) is 136 Å². The van der Waals surface area contributed by atoms with Crippen molar-refractivity contribution in [2.45, 2.75) is 95.4 Å². The molecule has 1 saturated heterocycles. The Labute approximate surface area is 434 Å². The van der Waals surface area contributed by atoms with Gasteiger partial charge in [-0.15, -0.1) is 0 Å². The lowest BCUT2D eigenvalue weighted by molar-refractivity contribution is -0.131. The smallest absolute Gasteiger partial charge is 0.251 e. The van der Waals surface area contributed by atoms with Gasteiger partial charge in [0.25, 0.3) is 5.91 Å². The van der Waals surface area contributed by atoms with Crippen LogP contribution in [0, 0.1) is 17.8 Å². The SMILES string of the molecule is C=C1N=C(N)C(C#CCNC(=O)COCCOC(COc2cccc(C(=O)NCCNC(=O)C(CCCCNC(C)=O)NC(=O)C3CC/C=C/CCC3)c2)N=[N+]=[N-])=CN1[C@H]1C[C@@H](OCN=[N+]=[N-])[C@@H](CPPP=O)O1. The highest BCUT2D eigenvalue weighted by molar-refractivity contribution is 8.40. The number of hydrogen-bond donors (Lipinski definition) is 6. The fourth-order valence-corrected chi connectivity index (χ4v) is 10.7. The minimum atomic E-state index is -1.07. The molecule has 1 aromatic rings. The van der Waals surface area contributed by atoms with E-state index in [4.69, 9.17) is 40.5 Å². The fraction of sp³-hybridized carbons (Fsp3) is 0.565. The summed E-state index contributed by atoms with van der Waals surface area (Å²) in [6, 6.07) is 5.53. The Hall–Kier alpha value is -6.16. The molecule has 1 aromatic carbocycles. The molecule has 0 bridgehead atoms. The Morgan fingerprint density at radius 3 is 2.69 bits per heavy atom. The third-order valence-corrected chi connectivity index (χ3v) is 15.7.